The number of thiophene rings is 1. The summed E-state index contributed by atoms with van der Waals surface area (Å²) in [6.45, 7) is 1.95. The van der Waals surface area contributed by atoms with Gasteiger partial charge < -0.3 is 14.8 Å². The quantitative estimate of drug-likeness (QED) is 0.442. The molecule has 0 saturated heterocycles. The highest BCUT2D eigenvalue weighted by molar-refractivity contribution is 7.20. The van der Waals surface area contributed by atoms with Crippen LogP contribution in [0.4, 0.5) is 5.69 Å². The summed E-state index contributed by atoms with van der Waals surface area (Å²) in [5.74, 6) is 1.06. The number of hydrogen-bond acceptors (Lipinski definition) is 5. The van der Waals surface area contributed by atoms with Gasteiger partial charge in [-0.05, 0) is 48.9 Å². The molecular weight excluding hydrogens is 422 g/mol. The van der Waals surface area contributed by atoms with Gasteiger partial charge in [0.05, 0.1) is 29.8 Å². The number of nitrogens with zero attached hydrogens (tertiary/aromatic N) is 2. The molecule has 0 fully saturated rings. The first kappa shape index (κ1) is 20.3. The highest BCUT2D eigenvalue weighted by Crippen LogP contribution is 2.37. The molecule has 4 aromatic rings. The molecule has 154 valence electrons. The van der Waals surface area contributed by atoms with Crippen molar-refractivity contribution in [2.45, 2.75) is 6.92 Å². The van der Waals surface area contributed by atoms with Gasteiger partial charge in [0.2, 0.25) is 0 Å². The number of methoxy groups -OCH3 is 2. The molecule has 1 amide bonds. The Morgan fingerprint density at radius 3 is 2.57 bits per heavy atom. The summed E-state index contributed by atoms with van der Waals surface area (Å²) >= 11 is 7.64. The molecule has 0 spiro atoms. The number of amides is 1. The number of ether oxygens (including phenoxy) is 2. The number of carbonyl (C=O) groups is 1. The van der Waals surface area contributed by atoms with E-state index in [2.05, 4.69) is 10.4 Å². The Morgan fingerprint density at radius 2 is 1.87 bits per heavy atom. The smallest absolute Gasteiger partial charge is 0.265 e. The molecule has 8 heteroatoms. The number of nitrogens with one attached hydrogen (secondary N) is 1. The summed E-state index contributed by atoms with van der Waals surface area (Å²) in [6, 6.07) is 13.0. The van der Waals surface area contributed by atoms with Crippen molar-refractivity contribution in [1.82, 2.24) is 9.78 Å². The maximum atomic E-state index is 12.8. The lowest BCUT2D eigenvalue weighted by Crippen LogP contribution is -2.10. The van der Waals surface area contributed by atoms with E-state index in [-0.39, 0.29) is 5.91 Å². The highest BCUT2D eigenvalue weighted by atomic mass is 35.5. The number of anilines is 1. The fourth-order valence-corrected chi connectivity index (χ4v) is 4.50. The molecule has 0 atom stereocenters. The van der Waals surface area contributed by atoms with Crippen molar-refractivity contribution in [2.24, 2.45) is 7.05 Å². The topological polar surface area (TPSA) is 65.4 Å². The lowest BCUT2D eigenvalue weighted by Gasteiger charge is -2.08. The third kappa shape index (κ3) is 3.62. The van der Waals surface area contributed by atoms with Crippen LogP contribution in [0.3, 0.4) is 0 Å². The third-order valence-electron chi connectivity index (χ3n) is 4.77. The summed E-state index contributed by atoms with van der Waals surface area (Å²) in [5.41, 5.74) is 3.27. The van der Waals surface area contributed by atoms with Crippen molar-refractivity contribution in [1.29, 1.82) is 0 Å². The molecule has 1 N–H and O–H groups in total. The van der Waals surface area contributed by atoms with Crippen LogP contribution in [0.2, 0.25) is 5.02 Å². The van der Waals surface area contributed by atoms with Crippen molar-refractivity contribution in [2.75, 3.05) is 19.5 Å². The van der Waals surface area contributed by atoms with E-state index < -0.39 is 0 Å². The predicted molar refractivity (Wildman–Crippen MR) is 121 cm³/mol. The Balaban J connectivity index is 1.71. The lowest BCUT2D eigenvalue weighted by molar-refractivity contribution is 0.103. The zero-order valence-electron chi connectivity index (χ0n) is 16.9. The van der Waals surface area contributed by atoms with E-state index in [1.54, 1.807) is 25.0 Å². The van der Waals surface area contributed by atoms with Gasteiger partial charge in [-0.15, -0.1) is 11.3 Å². The Kier molecular flexibility index (Phi) is 5.40. The minimum atomic E-state index is -0.208. The van der Waals surface area contributed by atoms with E-state index in [4.69, 9.17) is 21.1 Å². The maximum absolute atomic E-state index is 12.8. The summed E-state index contributed by atoms with van der Waals surface area (Å²) in [4.78, 5) is 14.3. The molecule has 6 nitrogen and oxygen atoms in total. The predicted octanol–water partition coefficient (Wildman–Crippen LogP) is 5.53. The second-order valence-electron chi connectivity index (χ2n) is 6.81. The highest BCUT2D eigenvalue weighted by Gasteiger charge is 2.19. The summed E-state index contributed by atoms with van der Waals surface area (Å²) < 4.78 is 12.5. The molecule has 2 aromatic heterocycles. The van der Waals surface area contributed by atoms with Crippen molar-refractivity contribution in [3.63, 3.8) is 0 Å². The average molecular weight is 442 g/mol. The van der Waals surface area contributed by atoms with Crippen LogP contribution in [0.25, 0.3) is 21.5 Å². The first-order chi connectivity index (χ1) is 14.4. The van der Waals surface area contributed by atoms with Gasteiger partial charge in [-0.25, -0.2) is 0 Å². The van der Waals surface area contributed by atoms with Crippen LogP contribution in [0.1, 0.15) is 15.2 Å². The van der Waals surface area contributed by atoms with Gasteiger partial charge in [0.15, 0.2) is 11.5 Å². The molecule has 0 bridgehead atoms. The van der Waals surface area contributed by atoms with Crippen molar-refractivity contribution >= 4 is 44.7 Å². The first-order valence-electron chi connectivity index (χ1n) is 9.17. The number of hydrogen-bond donors (Lipinski definition) is 1. The van der Waals surface area contributed by atoms with Gasteiger partial charge in [-0.2, -0.15) is 5.10 Å². The van der Waals surface area contributed by atoms with Crippen molar-refractivity contribution in [3.8, 4) is 22.8 Å². The molecule has 2 heterocycles. The van der Waals surface area contributed by atoms with E-state index >= 15 is 0 Å². The number of carbonyl (C=O) groups excluding carboxylic acids is 1. The largest absolute Gasteiger partial charge is 0.493 e. The van der Waals surface area contributed by atoms with E-state index in [1.165, 1.54) is 11.3 Å². The SMILES string of the molecule is COc1ccc(-c2nn(C)c3sc(C(=O)Nc4ccc(C)cc4Cl)cc23)cc1OC. The summed E-state index contributed by atoms with van der Waals surface area (Å²) in [6.07, 6.45) is 0. The second kappa shape index (κ2) is 8.01. The van der Waals surface area contributed by atoms with Gasteiger partial charge >= 0.3 is 0 Å². The second-order valence-corrected chi connectivity index (χ2v) is 8.25. The van der Waals surface area contributed by atoms with Crippen LogP contribution in [0.5, 0.6) is 11.5 Å². The molecule has 4 rings (SSSR count). The maximum Gasteiger partial charge on any atom is 0.265 e. The Hall–Kier alpha value is -3.03. The van der Waals surface area contributed by atoms with Crippen LogP contribution in [0.15, 0.2) is 42.5 Å². The fraction of sp³-hybridized carbons (Fsp3) is 0.182. The number of benzene rings is 2. The van der Waals surface area contributed by atoms with Crippen LogP contribution in [-0.4, -0.2) is 29.9 Å². The number of aromatic nitrogens is 2. The molecule has 0 radical (unpaired) electrons. The average Bonchev–Trinajstić information content (AvgIpc) is 3.30. The minimum absolute atomic E-state index is 0.208. The van der Waals surface area contributed by atoms with Gasteiger partial charge in [0.25, 0.3) is 5.91 Å². The van der Waals surface area contributed by atoms with Crippen molar-refractivity contribution < 1.29 is 14.3 Å². The molecule has 0 aliphatic rings. The molecule has 0 saturated carbocycles. The third-order valence-corrected chi connectivity index (χ3v) is 6.28. The zero-order valence-corrected chi connectivity index (χ0v) is 18.5. The number of fused-ring (bicyclic) bond motifs is 1. The normalized spacial score (nSPS) is 11.0. The molecule has 0 aliphatic heterocycles. The zero-order chi connectivity index (χ0) is 21.4. The summed E-state index contributed by atoms with van der Waals surface area (Å²) in [7, 11) is 5.06. The summed E-state index contributed by atoms with van der Waals surface area (Å²) in [5, 5.41) is 8.94. The van der Waals surface area contributed by atoms with Gasteiger partial charge in [0.1, 0.15) is 10.5 Å². The molecule has 30 heavy (non-hydrogen) atoms. The molecule has 0 unspecified atom stereocenters. The monoisotopic (exact) mass is 441 g/mol. The van der Waals surface area contributed by atoms with E-state index in [0.717, 1.165) is 27.0 Å². The van der Waals surface area contributed by atoms with E-state index in [0.29, 0.717) is 27.1 Å². The van der Waals surface area contributed by atoms with Gasteiger partial charge in [-0.3, -0.25) is 9.48 Å². The Labute approximate surface area is 183 Å². The molecule has 2 aromatic carbocycles. The molecular formula is C22H20ClN3O3S. The minimum Gasteiger partial charge on any atom is -0.493 e. The Bertz CT molecular complexity index is 1260. The van der Waals surface area contributed by atoms with Crippen molar-refractivity contribution in [3.05, 3.63) is 57.9 Å². The number of aryl methyl sites for hydroxylation is 2. The first-order valence-corrected chi connectivity index (χ1v) is 10.4. The number of halogens is 1. The van der Waals surface area contributed by atoms with E-state index in [1.807, 2.05) is 50.4 Å². The Morgan fingerprint density at radius 1 is 1.10 bits per heavy atom. The van der Waals surface area contributed by atoms with E-state index in [9.17, 15) is 4.79 Å². The van der Waals surface area contributed by atoms with Crippen LogP contribution in [0, 0.1) is 6.92 Å². The standard InChI is InChI=1S/C22H20ClN3O3S/c1-12-5-7-16(15(23)9-12)24-21(27)19-11-14-20(25-26(2)22(14)30-19)13-6-8-17(28-3)18(10-13)29-4/h5-11H,1-4H3,(H,24,27). The van der Waals surface area contributed by atoms with Gasteiger partial charge in [0, 0.05) is 18.0 Å². The fourth-order valence-electron chi connectivity index (χ4n) is 3.25. The lowest BCUT2D eigenvalue weighted by atomic mass is 10.1. The van der Waals surface area contributed by atoms with Gasteiger partial charge in [-0.1, -0.05) is 17.7 Å². The molecule has 0 aliphatic carbocycles. The number of rotatable bonds is 5. The van der Waals surface area contributed by atoms with Crippen LogP contribution < -0.4 is 14.8 Å². The van der Waals surface area contributed by atoms with Crippen LogP contribution in [-0.2, 0) is 7.05 Å². The van der Waals surface area contributed by atoms with Crippen LogP contribution >= 0.6 is 22.9 Å².